The Balaban J connectivity index is 0.00000129. The maximum absolute atomic E-state index is 14.0. The lowest BCUT2D eigenvalue weighted by molar-refractivity contribution is -0.117. The zero-order chi connectivity index (χ0) is 51.2. The van der Waals surface area contributed by atoms with Gasteiger partial charge in [-0.25, -0.2) is 4.79 Å². The lowest BCUT2D eigenvalue weighted by atomic mass is 10.1. The van der Waals surface area contributed by atoms with Gasteiger partial charge < -0.3 is 51.5 Å². The van der Waals surface area contributed by atoms with Gasteiger partial charge in [0.15, 0.2) is 5.78 Å². The van der Waals surface area contributed by atoms with Crippen molar-refractivity contribution in [2.45, 2.75) is 104 Å². The Morgan fingerprint density at radius 2 is 1.33 bits per heavy atom. The molecular weight excluding hydrogens is 893 g/mol. The zero-order valence-electron chi connectivity index (χ0n) is 42.0. The van der Waals surface area contributed by atoms with E-state index in [0.29, 0.717) is 75.3 Å². The van der Waals surface area contributed by atoms with Crippen LogP contribution < -0.4 is 47.6 Å². The fraction of sp³-hybridized carbons (Fsp3) is 0.472. The van der Waals surface area contributed by atoms with E-state index in [1.807, 2.05) is 48.5 Å². The summed E-state index contributed by atoms with van der Waals surface area (Å²) in [5.74, 6) is -1.89. The Bertz CT molecular complexity index is 2240. The number of pyridine rings is 1. The minimum absolute atomic E-state index is 0.00524. The van der Waals surface area contributed by atoms with Gasteiger partial charge in [-0.3, -0.25) is 24.0 Å². The monoisotopic (exact) mass is 969 g/mol. The molecule has 2 aromatic carbocycles. The standard InChI is InChI=1S/C45H66N8O8.C8H10O/c1-32-19-20-37(34(3)54)33(2)48-28-14-25-46-23-12-13-24-47-26-15-29-49-41(56)38-21-22-39(53(43(38)58)60-31-35-16-8-7-9-17-35)42(57)52-36(30-51-40(32)55)18-10-11-27-50-44(59)61-45(4,5)6;1-9-7-8-5-3-2-4-6-8/h7-9,16-17,19-22,36,46-48H,2,10-15,18,23-31H2,1,3-6H3,(H,49,56)(H,50,59)(H,51,55)(H,52,57);2-6H,7H2,1H3/b32-19+,37-20-;/t36-;/m0./s1. The Labute approximate surface area is 413 Å². The van der Waals surface area contributed by atoms with Crippen LogP contribution in [0, 0.1) is 0 Å². The van der Waals surface area contributed by atoms with Crippen molar-refractivity contribution in [3.8, 4) is 0 Å². The van der Waals surface area contributed by atoms with Crippen LogP contribution in [-0.4, -0.2) is 105 Å². The van der Waals surface area contributed by atoms with E-state index >= 15 is 0 Å². The molecule has 17 heteroatoms. The molecule has 4 amide bonds. The molecule has 3 aromatic rings. The predicted octanol–water partition coefficient (Wildman–Crippen LogP) is 5.27. The van der Waals surface area contributed by atoms with E-state index < -0.39 is 41.0 Å². The first-order valence-electron chi connectivity index (χ1n) is 24.1. The molecule has 70 heavy (non-hydrogen) atoms. The minimum Gasteiger partial charge on any atom is -0.444 e. The van der Waals surface area contributed by atoms with Crippen molar-refractivity contribution in [3.05, 3.63) is 141 Å². The molecule has 17 nitrogen and oxygen atoms in total. The molecule has 5 rings (SSSR count). The van der Waals surface area contributed by atoms with Crippen LogP contribution in [0.4, 0.5) is 4.79 Å². The minimum atomic E-state index is -0.804. The molecule has 0 aliphatic carbocycles. The summed E-state index contributed by atoms with van der Waals surface area (Å²) in [7, 11) is 1.70. The van der Waals surface area contributed by atoms with Crippen LogP contribution in [-0.2, 0) is 32.3 Å². The normalized spacial score (nSPS) is 18.1. The Morgan fingerprint density at radius 3 is 1.93 bits per heavy atom. The number of ketones is 1. The largest absolute Gasteiger partial charge is 0.444 e. The van der Waals surface area contributed by atoms with E-state index in [2.05, 4.69) is 43.8 Å². The number of rotatable bonds is 11. The first-order chi connectivity index (χ1) is 33.6. The maximum atomic E-state index is 14.0. The van der Waals surface area contributed by atoms with Crippen molar-refractivity contribution in [1.82, 2.24) is 41.9 Å². The van der Waals surface area contributed by atoms with E-state index in [1.54, 1.807) is 59.1 Å². The summed E-state index contributed by atoms with van der Waals surface area (Å²) >= 11 is 0. The summed E-state index contributed by atoms with van der Waals surface area (Å²) in [5, 5.41) is 21.3. The third-order valence-electron chi connectivity index (χ3n) is 10.6. The van der Waals surface area contributed by atoms with Crippen LogP contribution >= 0.6 is 0 Å². The Morgan fingerprint density at radius 1 is 0.729 bits per heavy atom. The van der Waals surface area contributed by atoms with Gasteiger partial charge in [-0.1, -0.05) is 73.3 Å². The lowest BCUT2D eigenvalue weighted by Crippen LogP contribution is -2.46. The molecule has 0 saturated carbocycles. The number of amides is 4. The van der Waals surface area contributed by atoms with Gasteiger partial charge in [0.1, 0.15) is 23.5 Å². The fourth-order valence-corrected chi connectivity index (χ4v) is 6.83. The van der Waals surface area contributed by atoms with Crippen molar-refractivity contribution in [1.29, 1.82) is 0 Å². The third kappa shape index (κ3) is 23.2. The number of alkyl carbamates (subject to hydrolysis) is 1. The van der Waals surface area contributed by atoms with E-state index in [4.69, 9.17) is 14.3 Å². The highest BCUT2D eigenvalue weighted by Crippen LogP contribution is 2.11. The van der Waals surface area contributed by atoms with Gasteiger partial charge in [-0.15, -0.1) is 4.73 Å². The Kier molecular flexibility index (Phi) is 26.6. The highest BCUT2D eigenvalue weighted by Gasteiger charge is 2.23. The number of carbonyl (C=O) groups excluding carboxylic acids is 5. The second-order valence-electron chi connectivity index (χ2n) is 17.8. The molecule has 382 valence electrons. The number of hydrogen-bond acceptors (Lipinski definition) is 12. The summed E-state index contributed by atoms with van der Waals surface area (Å²) in [6.45, 7) is 17.5. The molecule has 1 aromatic heterocycles. The van der Waals surface area contributed by atoms with Crippen molar-refractivity contribution < 1.29 is 38.3 Å². The van der Waals surface area contributed by atoms with Gasteiger partial charge in [0.05, 0.1) is 6.61 Å². The number of allylic oxidation sites excluding steroid dienone is 3. The number of ether oxygens (including phenoxy) is 2. The van der Waals surface area contributed by atoms with E-state index in [0.717, 1.165) is 49.2 Å². The van der Waals surface area contributed by atoms with E-state index in [1.165, 1.54) is 24.6 Å². The van der Waals surface area contributed by atoms with Crippen LogP contribution in [0.5, 0.6) is 0 Å². The van der Waals surface area contributed by atoms with Crippen LogP contribution in [0.15, 0.2) is 113 Å². The van der Waals surface area contributed by atoms with Crippen LogP contribution in [0.2, 0.25) is 0 Å². The number of nitrogens with zero attached hydrogens (tertiary/aromatic N) is 1. The Hall–Kier alpha value is -6.56. The van der Waals surface area contributed by atoms with E-state index in [9.17, 15) is 28.8 Å². The molecule has 0 saturated heterocycles. The van der Waals surface area contributed by atoms with Gasteiger partial charge in [-0.05, 0) is 135 Å². The lowest BCUT2D eigenvalue weighted by Gasteiger charge is -2.22. The van der Waals surface area contributed by atoms with Gasteiger partial charge in [0.25, 0.3) is 17.4 Å². The maximum Gasteiger partial charge on any atom is 0.407 e. The van der Waals surface area contributed by atoms with Crippen molar-refractivity contribution in [3.63, 3.8) is 0 Å². The quantitative estimate of drug-likeness (QED) is 0.122. The molecule has 2 aliphatic rings. The predicted molar refractivity (Wildman–Crippen MR) is 273 cm³/mol. The van der Waals surface area contributed by atoms with Gasteiger partial charge in [0, 0.05) is 56.2 Å². The number of aromatic nitrogens is 1. The number of benzene rings is 2. The summed E-state index contributed by atoms with van der Waals surface area (Å²) < 4.78 is 11.1. The van der Waals surface area contributed by atoms with Gasteiger partial charge >= 0.3 is 6.09 Å². The van der Waals surface area contributed by atoms with Gasteiger partial charge in [0.2, 0.25) is 5.91 Å². The highest BCUT2D eigenvalue weighted by atomic mass is 16.7. The van der Waals surface area contributed by atoms with Crippen LogP contribution in [0.25, 0.3) is 0 Å². The summed E-state index contributed by atoms with van der Waals surface area (Å²) in [4.78, 5) is 85.1. The molecule has 2 aliphatic heterocycles. The molecule has 0 unspecified atom stereocenters. The molecular formula is C53H76N8O9. The second kappa shape index (κ2) is 32.3. The number of unbranched alkanes of at least 4 members (excludes halogenated alkanes) is 1. The number of Topliss-reactive ketones (excluding diaryl/α,β-unsaturated/α-hetero) is 1. The van der Waals surface area contributed by atoms with Crippen LogP contribution in [0.3, 0.4) is 0 Å². The molecule has 3 heterocycles. The molecule has 2 bridgehead atoms. The average molecular weight is 969 g/mol. The summed E-state index contributed by atoms with van der Waals surface area (Å²) in [6, 6.07) is 21.2. The third-order valence-corrected chi connectivity index (χ3v) is 10.6. The topological polar surface area (TPSA) is 219 Å². The molecule has 0 radical (unpaired) electrons. The zero-order valence-corrected chi connectivity index (χ0v) is 42.0. The second-order valence-corrected chi connectivity index (χ2v) is 17.8. The first kappa shape index (κ1) is 57.8. The number of carbonyl (C=O) groups is 5. The van der Waals surface area contributed by atoms with Crippen molar-refractivity contribution in [2.24, 2.45) is 0 Å². The summed E-state index contributed by atoms with van der Waals surface area (Å²) in [6.07, 6.45) is 7.45. The number of methoxy groups -OCH3 is 1. The SMILES string of the molecule is C=C1NCCCNCCCCNCCCNC(=O)c2ccc(n(OCc3ccccc3)c2=O)C(=O)N[C@@H](CCCCNC(=O)OC(C)(C)C)CNC(=O)/C(C)=C/C=C/1C(C)=O.COCc1ccccc1. The first-order valence-corrected chi connectivity index (χ1v) is 24.1. The van der Waals surface area contributed by atoms with E-state index in [-0.39, 0.29) is 30.2 Å². The smallest absolute Gasteiger partial charge is 0.407 e. The number of hydrogen-bond donors (Lipinski definition) is 7. The average Bonchev–Trinajstić information content (AvgIpc) is 3.32. The van der Waals surface area contributed by atoms with Crippen LogP contribution in [0.1, 0.15) is 112 Å². The number of nitrogens with one attached hydrogen (secondary N) is 7. The summed E-state index contributed by atoms with van der Waals surface area (Å²) in [5.41, 5.74) is 1.30. The highest BCUT2D eigenvalue weighted by molar-refractivity contribution is 5.99. The number of fused-ring (bicyclic) bond motifs is 25. The molecule has 1 atom stereocenters. The van der Waals surface area contributed by atoms with Crippen molar-refractivity contribution in [2.75, 3.05) is 59.5 Å². The molecule has 0 fully saturated rings. The van der Waals surface area contributed by atoms with Gasteiger partial charge in [-0.2, -0.15) is 0 Å². The molecule has 0 spiro atoms. The fourth-order valence-electron chi connectivity index (χ4n) is 6.83. The molecule has 7 N–H and O–H groups in total. The van der Waals surface area contributed by atoms with Crippen molar-refractivity contribution >= 4 is 29.6 Å².